The number of nitrogens with zero attached hydrogens (tertiary/aromatic N) is 1. The fraction of sp³-hybridized carbons (Fsp3) is 0.125. The van der Waals surface area contributed by atoms with E-state index in [0.29, 0.717) is 6.42 Å². The lowest BCUT2D eigenvalue weighted by atomic mass is 10.1. The van der Waals surface area contributed by atoms with Crippen molar-refractivity contribution in [2.24, 2.45) is 5.10 Å². The summed E-state index contributed by atoms with van der Waals surface area (Å²) in [7, 11) is 0. The Balaban J connectivity index is 1.89. The van der Waals surface area contributed by atoms with E-state index in [2.05, 4.69) is 33.1 Å². The largest absolute Gasteiger partial charge is 0.273 e. The molecule has 2 aromatic carbocycles. The van der Waals surface area contributed by atoms with Gasteiger partial charge in [0.2, 0.25) is 5.91 Å². The van der Waals surface area contributed by atoms with Gasteiger partial charge in [-0.15, -0.1) is 0 Å². The highest BCUT2D eigenvalue weighted by molar-refractivity contribution is 14.1. The predicted octanol–water partition coefficient (Wildman–Crippen LogP) is 3.29. The first-order valence-corrected chi connectivity index (χ1v) is 7.35. The second-order valence-electron chi connectivity index (χ2n) is 4.48. The first-order chi connectivity index (χ1) is 9.65. The number of amides is 1. The van der Waals surface area contributed by atoms with E-state index in [1.54, 1.807) is 6.21 Å². The first kappa shape index (κ1) is 14.7. The SMILES string of the molecule is Cc1ccc(CC(=O)N/N=C/c2ccccc2I)cc1. The summed E-state index contributed by atoms with van der Waals surface area (Å²) in [6.07, 6.45) is 2.00. The van der Waals surface area contributed by atoms with Gasteiger partial charge in [-0.3, -0.25) is 4.79 Å². The minimum Gasteiger partial charge on any atom is -0.273 e. The smallest absolute Gasteiger partial charge is 0.244 e. The summed E-state index contributed by atoms with van der Waals surface area (Å²) in [4.78, 5) is 11.7. The Morgan fingerprint density at radius 3 is 2.60 bits per heavy atom. The number of aryl methyl sites for hydroxylation is 1. The summed E-state index contributed by atoms with van der Waals surface area (Å²) in [5.74, 6) is -0.115. The van der Waals surface area contributed by atoms with Crippen LogP contribution < -0.4 is 5.43 Å². The van der Waals surface area contributed by atoms with Gasteiger partial charge in [0.1, 0.15) is 0 Å². The minimum atomic E-state index is -0.115. The number of carbonyl (C=O) groups excluding carboxylic acids is 1. The lowest BCUT2D eigenvalue weighted by molar-refractivity contribution is -0.120. The van der Waals surface area contributed by atoms with Gasteiger partial charge >= 0.3 is 0 Å². The highest BCUT2D eigenvalue weighted by Gasteiger charge is 2.01. The molecule has 0 spiro atoms. The topological polar surface area (TPSA) is 41.5 Å². The Morgan fingerprint density at radius 1 is 1.20 bits per heavy atom. The molecular formula is C16H15IN2O. The minimum absolute atomic E-state index is 0.115. The number of rotatable bonds is 4. The molecule has 0 atom stereocenters. The van der Waals surface area contributed by atoms with Crippen molar-refractivity contribution in [1.29, 1.82) is 0 Å². The summed E-state index contributed by atoms with van der Waals surface area (Å²) in [6, 6.07) is 15.8. The second-order valence-corrected chi connectivity index (χ2v) is 5.64. The van der Waals surface area contributed by atoms with Crippen molar-refractivity contribution in [2.75, 3.05) is 0 Å². The molecule has 1 amide bonds. The van der Waals surface area contributed by atoms with Crippen molar-refractivity contribution in [3.63, 3.8) is 0 Å². The van der Waals surface area contributed by atoms with Crippen molar-refractivity contribution in [3.8, 4) is 0 Å². The highest BCUT2D eigenvalue weighted by Crippen LogP contribution is 2.08. The molecule has 0 aromatic heterocycles. The van der Waals surface area contributed by atoms with Gasteiger partial charge in [-0.25, -0.2) is 5.43 Å². The van der Waals surface area contributed by atoms with E-state index in [1.165, 1.54) is 5.56 Å². The number of benzene rings is 2. The van der Waals surface area contributed by atoms with Crippen molar-refractivity contribution in [3.05, 3.63) is 68.8 Å². The summed E-state index contributed by atoms with van der Waals surface area (Å²) >= 11 is 2.24. The maximum absolute atomic E-state index is 11.7. The Morgan fingerprint density at radius 2 is 1.90 bits per heavy atom. The molecule has 2 aromatic rings. The van der Waals surface area contributed by atoms with Crippen LogP contribution >= 0.6 is 22.6 Å². The van der Waals surface area contributed by atoms with Gasteiger partial charge in [-0.05, 0) is 41.1 Å². The summed E-state index contributed by atoms with van der Waals surface area (Å²) in [5, 5.41) is 3.99. The monoisotopic (exact) mass is 378 g/mol. The van der Waals surface area contributed by atoms with Crippen LogP contribution in [0.1, 0.15) is 16.7 Å². The molecule has 3 nitrogen and oxygen atoms in total. The van der Waals surface area contributed by atoms with Crippen molar-refractivity contribution < 1.29 is 4.79 Å². The van der Waals surface area contributed by atoms with E-state index in [1.807, 2.05) is 55.5 Å². The highest BCUT2D eigenvalue weighted by atomic mass is 127. The molecule has 0 saturated heterocycles. The van der Waals surface area contributed by atoms with Crippen LogP contribution in [0.3, 0.4) is 0 Å². The maximum Gasteiger partial charge on any atom is 0.244 e. The number of hydrogen-bond acceptors (Lipinski definition) is 2. The molecular weight excluding hydrogens is 363 g/mol. The van der Waals surface area contributed by atoms with E-state index in [9.17, 15) is 4.79 Å². The Kier molecular flexibility index (Phi) is 5.29. The number of carbonyl (C=O) groups is 1. The van der Waals surface area contributed by atoms with Crippen LogP contribution in [0.25, 0.3) is 0 Å². The zero-order valence-corrected chi connectivity index (χ0v) is 13.3. The third-order valence-corrected chi connectivity index (χ3v) is 3.77. The quantitative estimate of drug-likeness (QED) is 0.495. The standard InChI is InChI=1S/C16H15IN2O/c1-12-6-8-13(9-7-12)10-16(20)19-18-11-14-4-2-3-5-15(14)17/h2-9,11H,10H2,1H3,(H,19,20)/b18-11+. The molecule has 0 unspecified atom stereocenters. The van der Waals surface area contributed by atoms with E-state index in [4.69, 9.17) is 0 Å². The normalized spacial score (nSPS) is 10.7. The molecule has 0 saturated carbocycles. The van der Waals surface area contributed by atoms with Crippen molar-refractivity contribution in [1.82, 2.24) is 5.43 Å². The number of nitrogens with one attached hydrogen (secondary N) is 1. The van der Waals surface area contributed by atoms with Gasteiger partial charge < -0.3 is 0 Å². The van der Waals surface area contributed by atoms with Gasteiger partial charge in [-0.1, -0.05) is 48.0 Å². The van der Waals surface area contributed by atoms with Crippen LogP contribution in [0.2, 0.25) is 0 Å². The third kappa shape index (κ3) is 4.45. The lowest BCUT2D eigenvalue weighted by Crippen LogP contribution is -2.19. The van der Waals surface area contributed by atoms with Gasteiger partial charge in [-0.2, -0.15) is 5.10 Å². The zero-order valence-electron chi connectivity index (χ0n) is 11.1. The van der Waals surface area contributed by atoms with Crippen LogP contribution in [-0.2, 0) is 11.2 Å². The van der Waals surface area contributed by atoms with Crippen LogP contribution in [0.4, 0.5) is 0 Å². The predicted molar refractivity (Wildman–Crippen MR) is 89.8 cm³/mol. The lowest BCUT2D eigenvalue weighted by Gasteiger charge is -2.01. The molecule has 1 N–H and O–H groups in total. The van der Waals surface area contributed by atoms with Crippen molar-refractivity contribution >= 4 is 34.7 Å². The van der Waals surface area contributed by atoms with E-state index >= 15 is 0 Å². The van der Waals surface area contributed by atoms with Gasteiger partial charge in [0.05, 0.1) is 12.6 Å². The number of hydrogen-bond donors (Lipinski definition) is 1. The Labute approximate surface area is 132 Å². The van der Waals surface area contributed by atoms with Crippen LogP contribution in [0.15, 0.2) is 53.6 Å². The average Bonchev–Trinajstić information content (AvgIpc) is 2.43. The molecule has 0 heterocycles. The summed E-state index contributed by atoms with van der Waals surface area (Å²) in [6.45, 7) is 2.02. The molecule has 0 bridgehead atoms. The van der Waals surface area contributed by atoms with Crippen LogP contribution in [0, 0.1) is 10.5 Å². The van der Waals surface area contributed by atoms with Gasteiger partial charge in [0.15, 0.2) is 0 Å². The van der Waals surface area contributed by atoms with Crippen LogP contribution in [0.5, 0.6) is 0 Å². The Bertz CT molecular complexity index is 621. The molecule has 102 valence electrons. The molecule has 4 heteroatoms. The fourth-order valence-electron chi connectivity index (χ4n) is 1.68. The Hall–Kier alpha value is -1.69. The van der Waals surface area contributed by atoms with Gasteiger partial charge in [0, 0.05) is 9.13 Å². The fourth-order valence-corrected chi connectivity index (χ4v) is 2.21. The molecule has 20 heavy (non-hydrogen) atoms. The summed E-state index contributed by atoms with van der Waals surface area (Å²) < 4.78 is 1.10. The maximum atomic E-state index is 11.7. The van der Waals surface area contributed by atoms with Gasteiger partial charge in [0.25, 0.3) is 0 Å². The molecule has 2 rings (SSSR count). The molecule has 0 aliphatic carbocycles. The number of hydrazone groups is 1. The first-order valence-electron chi connectivity index (χ1n) is 6.27. The van der Waals surface area contributed by atoms with E-state index in [0.717, 1.165) is 14.7 Å². The van der Waals surface area contributed by atoms with Crippen molar-refractivity contribution in [2.45, 2.75) is 13.3 Å². The van der Waals surface area contributed by atoms with Crippen LogP contribution in [-0.4, -0.2) is 12.1 Å². The molecule has 0 fully saturated rings. The number of halogens is 1. The van der Waals surface area contributed by atoms with E-state index < -0.39 is 0 Å². The van der Waals surface area contributed by atoms with E-state index in [-0.39, 0.29) is 5.91 Å². The average molecular weight is 378 g/mol. The second kappa shape index (κ2) is 7.19. The zero-order chi connectivity index (χ0) is 14.4. The summed E-state index contributed by atoms with van der Waals surface area (Å²) in [5.41, 5.74) is 5.71. The third-order valence-electron chi connectivity index (χ3n) is 2.78. The molecule has 0 aliphatic rings. The molecule has 0 aliphatic heterocycles. The molecule has 0 radical (unpaired) electrons.